The Morgan fingerprint density at radius 1 is 1.56 bits per heavy atom. The van der Waals surface area contributed by atoms with Crippen LogP contribution in [0.1, 0.15) is 35.6 Å². The minimum Gasteiger partial charge on any atom is -0.461 e. The van der Waals surface area contributed by atoms with E-state index in [1.807, 2.05) is 6.92 Å². The number of aromatic nitrogens is 1. The number of rotatable bonds is 6. The molecule has 7 heteroatoms. The smallest absolute Gasteiger partial charge is 0.358 e. The zero-order valence-corrected chi connectivity index (χ0v) is 11.5. The Labute approximate surface area is 110 Å². The summed E-state index contributed by atoms with van der Waals surface area (Å²) in [5, 5.41) is 3.62. The Morgan fingerprint density at radius 2 is 2.22 bits per heavy atom. The summed E-state index contributed by atoms with van der Waals surface area (Å²) in [6, 6.07) is -0.122. The van der Waals surface area contributed by atoms with E-state index in [1.54, 1.807) is 13.8 Å². The average molecular weight is 271 g/mol. The van der Waals surface area contributed by atoms with Gasteiger partial charge in [0, 0.05) is 17.3 Å². The maximum absolute atomic E-state index is 11.6. The number of carbonyl (C=O) groups excluding carboxylic acids is 2. The molecule has 0 aliphatic heterocycles. The highest BCUT2D eigenvalue weighted by Crippen LogP contribution is 2.23. The molecule has 18 heavy (non-hydrogen) atoms. The van der Waals surface area contributed by atoms with Gasteiger partial charge in [0.25, 0.3) is 0 Å². The quantitative estimate of drug-likeness (QED) is 0.761. The number of hydrogen-bond acceptors (Lipinski definition) is 6. The fourth-order valence-corrected chi connectivity index (χ4v) is 2.32. The Kier molecular flexibility index (Phi) is 5.08. The number of nitrogens with one attached hydrogen (secondary N) is 1. The third-order valence-electron chi connectivity index (χ3n) is 2.14. The van der Waals surface area contributed by atoms with Gasteiger partial charge in [-0.25, -0.2) is 9.78 Å². The number of aryl methyl sites for hydroxylation is 1. The van der Waals surface area contributed by atoms with Gasteiger partial charge in [-0.05, 0) is 20.8 Å². The van der Waals surface area contributed by atoms with Crippen molar-refractivity contribution in [2.45, 2.75) is 33.2 Å². The number of primary amides is 1. The maximum atomic E-state index is 11.6. The van der Waals surface area contributed by atoms with E-state index in [9.17, 15) is 9.59 Å². The fourth-order valence-electron chi connectivity index (χ4n) is 1.41. The molecule has 0 saturated carbocycles. The van der Waals surface area contributed by atoms with Crippen molar-refractivity contribution in [2.75, 3.05) is 11.9 Å². The van der Waals surface area contributed by atoms with E-state index in [0.29, 0.717) is 17.4 Å². The molecule has 1 amide bonds. The number of esters is 1. The monoisotopic (exact) mass is 271 g/mol. The number of amides is 1. The molecule has 0 bridgehead atoms. The molecule has 1 rings (SSSR count). The summed E-state index contributed by atoms with van der Waals surface area (Å²) in [4.78, 5) is 27.3. The van der Waals surface area contributed by atoms with Gasteiger partial charge >= 0.3 is 5.97 Å². The maximum Gasteiger partial charge on any atom is 0.358 e. The van der Waals surface area contributed by atoms with Crippen LogP contribution in [-0.4, -0.2) is 29.5 Å². The van der Waals surface area contributed by atoms with Crippen molar-refractivity contribution in [1.29, 1.82) is 0 Å². The molecule has 0 spiro atoms. The van der Waals surface area contributed by atoms with Crippen LogP contribution in [0.3, 0.4) is 0 Å². The Bertz CT molecular complexity index is 445. The van der Waals surface area contributed by atoms with Crippen molar-refractivity contribution in [3.63, 3.8) is 0 Å². The van der Waals surface area contributed by atoms with Crippen LogP contribution in [0.4, 0.5) is 5.13 Å². The third-order valence-corrected chi connectivity index (χ3v) is 3.04. The zero-order valence-electron chi connectivity index (χ0n) is 10.6. The van der Waals surface area contributed by atoms with Crippen LogP contribution in [0, 0.1) is 6.92 Å². The molecule has 6 nitrogen and oxygen atoms in total. The Morgan fingerprint density at radius 3 is 2.78 bits per heavy atom. The van der Waals surface area contributed by atoms with Gasteiger partial charge in [0.1, 0.15) is 0 Å². The molecule has 1 heterocycles. The van der Waals surface area contributed by atoms with Crippen molar-refractivity contribution in [3.05, 3.63) is 10.6 Å². The van der Waals surface area contributed by atoms with Crippen molar-refractivity contribution in [3.8, 4) is 0 Å². The Hall–Kier alpha value is -1.63. The molecule has 0 aliphatic rings. The second-order valence-electron chi connectivity index (χ2n) is 3.86. The van der Waals surface area contributed by atoms with E-state index < -0.39 is 5.97 Å². The number of anilines is 1. The summed E-state index contributed by atoms with van der Waals surface area (Å²) in [5.74, 6) is -0.809. The summed E-state index contributed by atoms with van der Waals surface area (Å²) in [5.41, 5.74) is 5.42. The molecule has 0 aromatic carbocycles. The number of carbonyl (C=O) groups is 2. The topological polar surface area (TPSA) is 94.3 Å². The molecular formula is C11H17N3O3S. The van der Waals surface area contributed by atoms with Crippen LogP contribution in [0.15, 0.2) is 0 Å². The van der Waals surface area contributed by atoms with Crippen LogP contribution in [0.2, 0.25) is 0 Å². The SMILES string of the molecule is CCOC(=O)c1nc(NC(C)CC(N)=O)sc1C. The van der Waals surface area contributed by atoms with Crippen LogP contribution >= 0.6 is 11.3 Å². The van der Waals surface area contributed by atoms with Crippen molar-refractivity contribution in [1.82, 2.24) is 4.98 Å². The summed E-state index contributed by atoms with van der Waals surface area (Å²) in [6.07, 6.45) is 0.216. The minimum atomic E-state index is -0.429. The molecule has 1 unspecified atom stereocenters. The standard InChI is InChI=1S/C11H17N3O3S/c1-4-17-10(16)9-7(3)18-11(14-9)13-6(2)5-8(12)15/h6H,4-5H2,1-3H3,(H2,12,15)(H,13,14). The summed E-state index contributed by atoms with van der Waals surface area (Å²) in [7, 11) is 0. The van der Waals surface area contributed by atoms with Crippen LogP contribution in [-0.2, 0) is 9.53 Å². The number of nitrogens with two attached hydrogens (primary N) is 1. The van der Waals surface area contributed by atoms with Gasteiger partial charge in [0.15, 0.2) is 10.8 Å². The summed E-state index contributed by atoms with van der Waals surface area (Å²) >= 11 is 1.35. The first-order chi connectivity index (χ1) is 8.43. The largest absolute Gasteiger partial charge is 0.461 e. The molecule has 1 aromatic heterocycles. The lowest BCUT2D eigenvalue weighted by atomic mass is 10.2. The molecule has 100 valence electrons. The van der Waals surface area contributed by atoms with Crippen molar-refractivity contribution >= 4 is 28.3 Å². The van der Waals surface area contributed by atoms with Crippen molar-refractivity contribution < 1.29 is 14.3 Å². The van der Waals surface area contributed by atoms with Gasteiger partial charge in [-0.3, -0.25) is 4.79 Å². The Balaban J connectivity index is 2.72. The van der Waals surface area contributed by atoms with Gasteiger partial charge in [0.2, 0.25) is 5.91 Å². The predicted octanol–water partition coefficient (Wildman–Crippen LogP) is 1.30. The lowest BCUT2D eigenvalue weighted by Crippen LogP contribution is -2.23. The van der Waals surface area contributed by atoms with Gasteiger partial charge < -0.3 is 15.8 Å². The van der Waals surface area contributed by atoms with Crippen LogP contribution < -0.4 is 11.1 Å². The van der Waals surface area contributed by atoms with E-state index in [4.69, 9.17) is 10.5 Å². The number of nitrogens with zero attached hydrogens (tertiary/aromatic N) is 1. The van der Waals surface area contributed by atoms with Gasteiger partial charge in [-0.2, -0.15) is 0 Å². The predicted molar refractivity (Wildman–Crippen MR) is 69.7 cm³/mol. The normalized spacial score (nSPS) is 11.9. The lowest BCUT2D eigenvalue weighted by Gasteiger charge is -2.09. The highest BCUT2D eigenvalue weighted by atomic mass is 32.1. The lowest BCUT2D eigenvalue weighted by molar-refractivity contribution is -0.118. The molecule has 1 atom stereocenters. The van der Waals surface area contributed by atoms with Crippen LogP contribution in [0.5, 0.6) is 0 Å². The molecular weight excluding hydrogens is 254 g/mol. The van der Waals surface area contributed by atoms with E-state index in [1.165, 1.54) is 11.3 Å². The van der Waals surface area contributed by atoms with E-state index >= 15 is 0 Å². The summed E-state index contributed by atoms with van der Waals surface area (Å²) < 4.78 is 4.89. The average Bonchev–Trinajstić information content (AvgIpc) is 2.58. The molecule has 0 fully saturated rings. The summed E-state index contributed by atoms with van der Waals surface area (Å²) in [6.45, 7) is 5.68. The highest BCUT2D eigenvalue weighted by Gasteiger charge is 2.17. The first kappa shape index (κ1) is 14.4. The molecule has 1 aromatic rings. The number of hydrogen-bond donors (Lipinski definition) is 2. The minimum absolute atomic E-state index is 0.122. The van der Waals surface area contributed by atoms with Gasteiger partial charge in [-0.1, -0.05) is 0 Å². The van der Waals surface area contributed by atoms with E-state index in [2.05, 4.69) is 10.3 Å². The second-order valence-corrected chi connectivity index (χ2v) is 5.06. The van der Waals surface area contributed by atoms with Gasteiger partial charge in [0.05, 0.1) is 6.61 Å². The van der Waals surface area contributed by atoms with Crippen molar-refractivity contribution in [2.24, 2.45) is 5.73 Å². The zero-order chi connectivity index (χ0) is 13.7. The molecule has 3 N–H and O–H groups in total. The molecule has 0 saturated heterocycles. The third kappa shape index (κ3) is 3.99. The number of thiazole rings is 1. The molecule has 0 aliphatic carbocycles. The second kappa shape index (κ2) is 6.34. The van der Waals surface area contributed by atoms with Gasteiger partial charge in [-0.15, -0.1) is 11.3 Å². The van der Waals surface area contributed by atoms with E-state index in [-0.39, 0.29) is 18.4 Å². The van der Waals surface area contributed by atoms with Crippen LogP contribution in [0.25, 0.3) is 0 Å². The number of ether oxygens (including phenoxy) is 1. The molecule has 0 radical (unpaired) electrons. The highest BCUT2D eigenvalue weighted by molar-refractivity contribution is 7.15. The first-order valence-corrected chi connectivity index (χ1v) is 6.45. The fraction of sp³-hybridized carbons (Fsp3) is 0.545. The first-order valence-electron chi connectivity index (χ1n) is 5.63. The van der Waals surface area contributed by atoms with E-state index in [0.717, 1.165) is 4.88 Å².